The van der Waals surface area contributed by atoms with E-state index >= 15 is 0 Å². The van der Waals surface area contributed by atoms with Crippen LogP contribution in [0.4, 0.5) is 5.69 Å². The smallest absolute Gasteiger partial charge is 0.260 e. The Labute approximate surface area is 178 Å². The van der Waals surface area contributed by atoms with Gasteiger partial charge in [0.25, 0.3) is 5.91 Å². The zero-order valence-electron chi connectivity index (χ0n) is 17.8. The van der Waals surface area contributed by atoms with Gasteiger partial charge in [-0.25, -0.2) is 0 Å². The van der Waals surface area contributed by atoms with Gasteiger partial charge in [-0.2, -0.15) is 0 Å². The summed E-state index contributed by atoms with van der Waals surface area (Å²) < 4.78 is 5.70. The van der Waals surface area contributed by atoms with Crippen LogP contribution in [0.25, 0.3) is 0 Å². The highest BCUT2D eigenvalue weighted by Gasteiger charge is 2.35. The van der Waals surface area contributed by atoms with E-state index in [4.69, 9.17) is 4.74 Å². The van der Waals surface area contributed by atoms with E-state index in [2.05, 4.69) is 25.7 Å². The van der Waals surface area contributed by atoms with Crippen molar-refractivity contribution in [3.05, 3.63) is 36.9 Å². The average Bonchev–Trinajstić information content (AvgIpc) is 3.12. The van der Waals surface area contributed by atoms with Crippen molar-refractivity contribution >= 4 is 23.4 Å². The van der Waals surface area contributed by atoms with Crippen molar-refractivity contribution in [3.63, 3.8) is 0 Å². The normalized spacial score (nSPS) is 23.9. The topological polar surface area (TPSA) is 79.0 Å². The SMILES string of the molecule is C=CCNC(=O)[C@@H]1CC(=O)N(c2ccc(OCC(=O)N3[C@H](C)CCC[C@H]3C)cc2)C1. The van der Waals surface area contributed by atoms with Crippen LogP contribution in [-0.4, -0.2) is 54.4 Å². The first-order valence-electron chi connectivity index (χ1n) is 10.6. The Morgan fingerprint density at radius 2 is 1.87 bits per heavy atom. The fraction of sp³-hybridized carbons (Fsp3) is 0.522. The monoisotopic (exact) mass is 413 g/mol. The zero-order valence-corrected chi connectivity index (χ0v) is 17.8. The third-order valence-corrected chi connectivity index (χ3v) is 5.91. The molecule has 0 bridgehead atoms. The molecule has 2 heterocycles. The molecule has 30 heavy (non-hydrogen) atoms. The third kappa shape index (κ3) is 5.01. The molecule has 0 aromatic heterocycles. The van der Waals surface area contributed by atoms with E-state index in [1.807, 2.05) is 4.90 Å². The Kier molecular flexibility index (Phi) is 7.13. The maximum absolute atomic E-state index is 12.6. The second kappa shape index (κ2) is 9.78. The molecular weight excluding hydrogens is 382 g/mol. The van der Waals surface area contributed by atoms with E-state index in [-0.39, 0.29) is 48.8 Å². The summed E-state index contributed by atoms with van der Waals surface area (Å²) in [5.41, 5.74) is 0.718. The van der Waals surface area contributed by atoms with Crippen LogP contribution in [0.3, 0.4) is 0 Å². The zero-order chi connectivity index (χ0) is 21.7. The summed E-state index contributed by atoms with van der Waals surface area (Å²) in [6, 6.07) is 7.56. The highest BCUT2D eigenvalue weighted by Crippen LogP contribution is 2.27. The standard InChI is InChI=1S/C23H31N3O4/c1-4-12-24-23(29)18-13-21(27)25(14-18)19-8-10-20(11-9-19)30-15-22(28)26-16(2)6-5-7-17(26)3/h4,8-11,16-18H,1,5-7,12-15H2,2-3H3,(H,24,29)/t16-,17-,18-/m1/s1. The molecule has 7 nitrogen and oxygen atoms in total. The number of likely N-dealkylation sites (tertiary alicyclic amines) is 1. The van der Waals surface area contributed by atoms with Crippen LogP contribution in [0.1, 0.15) is 39.5 Å². The van der Waals surface area contributed by atoms with Crippen molar-refractivity contribution in [2.75, 3.05) is 24.6 Å². The highest BCUT2D eigenvalue weighted by molar-refractivity contribution is 6.00. The van der Waals surface area contributed by atoms with E-state index in [1.165, 1.54) is 0 Å². The van der Waals surface area contributed by atoms with Gasteiger partial charge in [0.15, 0.2) is 6.61 Å². The van der Waals surface area contributed by atoms with Crippen molar-refractivity contribution in [2.45, 2.75) is 51.6 Å². The number of ether oxygens (including phenoxy) is 1. The van der Waals surface area contributed by atoms with E-state index in [0.717, 1.165) is 24.9 Å². The molecule has 3 atom stereocenters. The van der Waals surface area contributed by atoms with Crippen molar-refractivity contribution in [2.24, 2.45) is 5.92 Å². The Hall–Kier alpha value is -2.83. The minimum absolute atomic E-state index is 0.00174. The predicted molar refractivity (Wildman–Crippen MR) is 115 cm³/mol. The quantitative estimate of drug-likeness (QED) is 0.697. The van der Waals surface area contributed by atoms with Gasteiger partial charge in [-0.05, 0) is 57.4 Å². The molecule has 7 heteroatoms. The molecule has 0 spiro atoms. The first kappa shape index (κ1) is 21.9. The van der Waals surface area contributed by atoms with Gasteiger partial charge in [-0.1, -0.05) is 6.08 Å². The number of nitrogens with one attached hydrogen (secondary N) is 1. The van der Waals surface area contributed by atoms with Gasteiger partial charge in [0.2, 0.25) is 11.8 Å². The van der Waals surface area contributed by atoms with Gasteiger partial charge < -0.3 is 19.9 Å². The molecule has 0 radical (unpaired) electrons. The molecule has 2 saturated heterocycles. The first-order chi connectivity index (χ1) is 14.4. The average molecular weight is 414 g/mol. The molecule has 1 N–H and O–H groups in total. The van der Waals surface area contributed by atoms with Crippen LogP contribution in [-0.2, 0) is 14.4 Å². The van der Waals surface area contributed by atoms with Gasteiger partial charge in [0.1, 0.15) is 5.75 Å². The summed E-state index contributed by atoms with van der Waals surface area (Å²) in [6.45, 7) is 8.49. The lowest BCUT2D eigenvalue weighted by molar-refractivity contribution is -0.139. The van der Waals surface area contributed by atoms with Gasteiger partial charge in [-0.3, -0.25) is 14.4 Å². The van der Waals surface area contributed by atoms with Gasteiger partial charge >= 0.3 is 0 Å². The van der Waals surface area contributed by atoms with Crippen LogP contribution in [0, 0.1) is 5.92 Å². The Bertz CT molecular complexity index is 782. The molecular formula is C23H31N3O4. The fourth-order valence-electron chi connectivity index (χ4n) is 4.30. The number of rotatable bonds is 7. The maximum Gasteiger partial charge on any atom is 0.260 e. The van der Waals surface area contributed by atoms with Crippen LogP contribution in [0.15, 0.2) is 36.9 Å². The minimum Gasteiger partial charge on any atom is -0.484 e. The molecule has 0 unspecified atom stereocenters. The maximum atomic E-state index is 12.6. The van der Waals surface area contributed by atoms with Gasteiger partial charge in [-0.15, -0.1) is 6.58 Å². The van der Waals surface area contributed by atoms with Crippen LogP contribution in [0.2, 0.25) is 0 Å². The van der Waals surface area contributed by atoms with E-state index in [0.29, 0.717) is 18.8 Å². The molecule has 0 saturated carbocycles. The number of carbonyl (C=O) groups is 3. The molecule has 0 aliphatic carbocycles. The molecule has 2 aliphatic heterocycles. The second-order valence-corrected chi connectivity index (χ2v) is 8.15. The number of hydrogen-bond acceptors (Lipinski definition) is 4. The second-order valence-electron chi connectivity index (χ2n) is 8.15. The van der Waals surface area contributed by atoms with Crippen molar-refractivity contribution in [3.8, 4) is 5.75 Å². The van der Waals surface area contributed by atoms with Crippen LogP contribution < -0.4 is 15.0 Å². The molecule has 2 aliphatic rings. The first-order valence-corrected chi connectivity index (χ1v) is 10.6. The molecule has 162 valence electrons. The van der Waals surface area contributed by atoms with E-state index in [1.54, 1.807) is 35.2 Å². The van der Waals surface area contributed by atoms with Crippen molar-refractivity contribution < 1.29 is 19.1 Å². The van der Waals surface area contributed by atoms with Crippen molar-refractivity contribution in [1.29, 1.82) is 0 Å². The highest BCUT2D eigenvalue weighted by atomic mass is 16.5. The molecule has 3 amide bonds. The number of amides is 3. The fourth-order valence-corrected chi connectivity index (χ4v) is 4.30. The van der Waals surface area contributed by atoms with Crippen LogP contribution >= 0.6 is 0 Å². The lowest BCUT2D eigenvalue weighted by atomic mass is 9.97. The number of nitrogens with zero attached hydrogens (tertiary/aromatic N) is 2. The number of anilines is 1. The summed E-state index contributed by atoms with van der Waals surface area (Å²) in [5.74, 6) is 0.00814. The third-order valence-electron chi connectivity index (χ3n) is 5.91. The largest absolute Gasteiger partial charge is 0.484 e. The number of carbonyl (C=O) groups excluding carboxylic acids is 3. The Balaban J connectivity index is 1.55. The summed E-state index contributed by atoms with van der Waals surface area (Å²) in [5, 5.41) is 2.74. The molecule has 1 aromatic carbocycles. The van der Waals surface area contributed by atoms with E-state index < -0.39 is 0 Å². The summed E-state index contributed by atoms with van der Waals surface area (Å²) in [4.78, 5) is 40.6. The molecule has 1 aromatic rings. The minimum atomic E-state index is -0.362. The summed E-state index contributed by atoms with van der Waals surface area (Å²) in [7, 11) is 0. The number of piperidine rings is 1. The van der Waals surface area contributed by atoms with E-state index in [9.17, 15) is 14.4 Å². The van der Waals surface area contributed by atoms with Crippen molar-refractivity contribution in [1.82, 2.24) is 10.2 Å². The van der Waals surface area contributed by atoms with Crippen LogP contribution in [0.5, 0.6) is 5.75 Å². The summed E-state index contributed by atoms with van der Waals surface area (Å²) in [6.07, 6.45) is 5.02. The number of benzene rings is 1. The Morgan fingerprint density at radius 3 is 2.50 bits per heavy atom. The van der Waals surface area contributed by atoms with Gasteiger partial charge in [0, 0.05) is 37.3 Å². The lowest BCUT2D eigenvalue weighted by Crippen LogP contribution is -2.49. The van der Waals surface area contributed by atoms with Gasteiger partial charge in [0.05, 0.1) is 5.92 Å². The lowest BCUT2D eigenvalue weighted by Gasteiger charge is -2.38. The number of hydrogen-bond donors (Lipinski definition) is 1. The predicted octanol–water partition coefficient (Wildman–Crippen LogP) is 2.51. The summed E-state index contributed by atoms with van der Waals surface area (Å²) >= 11 is 0. The molecule has 3 rings (SSSR count). The Morgan fingerprint density at radius 1 is 1.20 bits per heavy atom. The molecule has 2 fully saturated rings.